The van der Waals surface area contributed by atoms with Crippen LogP contribution < -0.4 is 0 Å². The second-order valence-electron chi connectivity index (χ2n) is 6.65. The van der Waals surface area contributed by atoms with Gasteiger partial charge in [-0.3, -0.25) is 9.58 Å². The van der Waals surface area contributed by atoms with Crippen LogP contribution in [0.2, 0.25) is 0 Å². The average molecular weight is 324 g/mol. The first-order valence-corrected chi connectivity index (χ1v) is 8.86. The Hall–Kier alpha value is -2.21. The van der Waals surface area contributed by atoms with Crippen LogP contribution in [0, 0.1) is 0 Å². The Morgan fingerprint density at radius 1 is 1.17 bits per heavy atom. The van der Waals surface area contributed by atoms with Gasteiger partial charge in [0.05, 0.1) is 12.4 Å². The fourth-order valence-electron chi connectivity index (χ4n) is 3.54. The lowest BCUT2D eigenvalue weighted by Crippen LogP contribution is -2.32. The highest BCUT2D eigenvalue weighted by atomic mass is 15.3. The molecule has 24 heavy (non-hydrogen) atoms. The van der Waals surface area contributed by atoms with Gasteiger partial charge in [-0.15, -0.1) is 0 Å². The third kappa shape index (κ3) is 3.19. The zero-order chi connectivity index (χ0) is 16.4. The van der Waals surface area contributed by atoms with Crippen LogP contribution in [0.5, 0.6) is 0 Å². The molecule has 0 aliphatic carbocycles. The van der Waals surface area contributed by atoms with E-state index in [1.807, 2.05) is 27.7 Å². The predicted octanol–water partition coefficient (Wildman–Crippen LogP) is 2.72. The zero-order valence-corrected chi connectivity index (χ0v) is 14.2. The van der Waals surface area contributed by atoms with Crippen LogP contribution in [0.4, 0.5) is 0 Å². The van der Waals surface area contributed by atoms with Crippen LogP contribution in [0.25, 0.3) is 5.65 Å². The summed E-state index contributed by atoms with van der Waals surface area (Å²) in [5.74, 6) is 0.559. The molecule has 6 nitrogen and oxygen atoms in total. The van der Waals surface area contributed by atoms with Gasteiger partial charge < -0.3 is 0 Å². The summed E-state index contributed by atoms with van der Waals surface area (Å²) in [6, 6.07) is 4.09. The molecule has 0 unspecified atom stereocenters. The zero-order valence-electron chi connectivity index (χ0n) is 14.2. The predicted molar refractivity (Wildman–Crippen MR) is 92.8 cm³/mol. The molecule has 0 bridgehead atoms. The molecule has 0 atom stereocenters. The van der Waals surface area contributed by atoms with Crippen LogP contribution in [0.3, 0.4) is 0 Å². The SMILES string of the molecule is CCCn1cc(CN2CCC(c3ccn4nccc4n3)CC2)cn1. The molecular weight excluding hydrogens is 300 g/mol. The van der Waals surface area contributed by atoms with E-state index >= 15 is 0 Å². The van der Waals surface area contributed by atoms with Gasteiger partial charge in [0.15, 0.2) is 5.65 Å². The van der Waals surface area contributed by atoms with Gasteiger partial charge in [-0.1, -0.05) is 6.92 Å². The molecule has 1 aliphatic rings. The van der Waals surface area contributed by atoms with Crippen molar-refractivity contribution in [3.05, 3.63) is 48.2 Å². The van der Waals surface area contributed by atoms with E-state index in [1.165, 1.54) is 24.1 Å². The standard InChI is InChI=1S/C18H24N6/c1-2-8-23-14-15(12-20-23)13-22-9-4-16(5-10-22)17-6-11-24-18(21-17)3-7-19-24/h3,6-7,11-12,14,16H,2,4-5,8-10,13H2,1H3. The van der Waals surface area contributed by atoms with Crippen molar-refractivity contribution in [3.8, 4) is 0 Å². The number of fused-ring (bicyclic) bond motifs is 1. The molecule has 0 radical (unpaired) electrons. The fraction of sp³-hybridized carbons (Fsp3) is 0.500. The number of aromatic nitrogens is 5. The highest BCUT2D eigenvalue weighted by Gasteiger charge is 2.22. The van der Waals surface area contributed by atoms with Crippen molar-refractivity contribution in [2.45, 2.75) is 45.2 Å². The number of nitrogens with zero attached hydrogens (tertiary/aromatic N) is 6. The van der Waals surface area contributed by atoms with Gasteiger partial charge in [0.1, 0.15) is 0 Å². The van der Waals surface area contributed by atoms with Crippen LogP contribution in [0.15, 0.2) is 36.9 Å². The van der Waals surface area contributed by atoms with E-state index < -0.39 is 0 Å². The van der Waals surface area contributed by atoms with E-state index in [2.05, 4.69) is 34.3 Å². The van der Waals surface area contributed by atoms with E-state index in [0.717, 1.165) is 38.2 Å². The number of piperidine rings is 1. The highest BCUT2D eigenvalue weighted by Crippen LogP contribution is 2.27. The number of hydrogen-bond acceptors (Lipinski definition) is 4. The summed E-state index contributed by atoms with van der Waals surface area (Å²) in [5, 5.41) is 8.65. The molecule has 3 aromatic heterocycles. The van der Waals surface area contributed by atoms with Crippen molar-refractivity contribution >= 4 is 5.65 Å². The van der Waals surface area contributed by atoms with E-state index in [4.69, 9.17) is 4.98 Å². The molecule has 3 aromatic rings. The van der Waals surface area contributed by atoms with Crippen molar-refractivity contribution in [3.63, 3.8) is 0 Å². The van der Waals surface area contributed by atoms with Gasteiger partial charge in [-0.25, -0.2) is 9.50 Å². The lowest BCUT2D eigenvalue weighted by atomic mass is 9.93. The maximum atomic E-state index is 4.76. The van der Waals surface area contributed by atoms with Gasteiger partial charge in [-0.2, -0.15) is 10.2 Å². The lowest BCUT2D eigenvalue weighted by Gasteiger charge is -2.31. The summed E-state index contributed by atoms with van der Waals surface area (Å²) < 4.78 is 3.87. The van der Waals surface area contributed by atoms with Crippen molar-refractivity contribution in [1.29, 1.82) is 0 Å². The summed E-state index contributed by atoms with van der Waals surface area (Å²) in [6.07, 6.45) is 11.5. The largest absolute Gasteiger partial charge is 0.299 e. The molecule has 1 aliphatic heterocycles. The summed E-state index contributed by atoms with van der Waals surface area (Å²) >= 11 is 0. The molecule has 4 heterocycles. The quantitative estimate of drug-likeness (QED) is 0.724. The minimum atomic E-state index is 0.559. The molecule has 0 N–H and O–H groups in total. The molecule has 1 fully saturated rings. The molecule has 1 saturated heterocycles. The van der Waals surface area contributed by atoms with Crippen molar-refractivity contribution in [2.24, 2.45) is 0 Å². The number of likely N-dealkylation sites (tertiary alicyclic amines) is 1. The van der Waals surface area contributed by atoms with E-state index in [9.17, 15) is 0 Å². The Kier molecular flexibility index (Phi) is 4.30. The van der Waals surface area contributed by atoms with Gasteiger partial charge in [0, 0.05) is 48.7 Å². The number of rotatable bonds is 5. The first kappa shape index (κ1) is 15.3. The number of hydrogen-bond donors (Lipinski definition) is 0. The minimum absolute atomic E-state index is 0.559. The summed E-state index contributed by atoms with van der Waals surface area (Å²) in [4.78, 5) is 7.29. The second kappa shape index (κ2) is 6.73. The van der Waals surface area contributed by atoms with E-state index in [-0.39, 0.29) is 0 Å². The van der Waals surface area contributed by atoms with Crippen molar-refractivity contribution in [1.82, 2.24) is 29.3 Å². The molecule has 0 saturated carbocycles. The van der Waals surface area contributed by atoms with Gasteiger partial charge in [0.25, 0.3) is 0 Å². The third-order valence-electron chi connectivity index (χ3n) is 4.83. The van der Waals surface area contributed by atoms with Crippen LogP contribution in [-0.2, 0) is 13.1 Å². The van der Waals surface area contributed by atoms with Crippen LogP contribution in [0.1, 0.15) is 43.4 Å². The summed E-state index contributed by atoms with van der Waals surface area (Å²) in [5.41, 5.74) is 3.47. The van der Waals surface area contributed by atoms with Crippen molar-refractivity contribution < 1.29 is 0 Å². The Bertz CT molecular complexity index is 797. The summed E-state index contributed by atoms with van der Waals surface area (Å²) in [6.45, 7) is 6.43. The molecule has 0 spiro atoms. The maximum Gasteiger partial charge on any atom is 0.155 e. The average Bonchev–Trinajstić information content (AvgIpc) is 3.24. The maximum absolute atomic E-state index is 4.76. The molecule has 0 aromatic carbocycles. The van der Waals surface area contributed by atoms with E-state index in [0.29, 0.717) is 5.92 Å². The lowest BCUT2D eigenvalue weighted by molar-refractivity contribution is 0.203. The number of aryl methyl sites for hydroxylation is 1. The van der Waals surface area contributed by atoms with E-state index in [1.54, 1.807) is 6.20 Å². The highest BCUT2D eigenvalue weighted by molar-refractivity contribution is 5.37. The van der Waals surface area contributed by atoms with Crippen LogP contribution in [-0.4, -0.2) is 42.4 Å². The van der Waals surface area contributed by atoms with Gasteiger partial charge >= 0.3 is 0 Å². The Morgan fingerprint density at radius 3 is 2.88 bits per heavy atom. The molecule has 126 valence electrons. The smallest absolute Gasteiger partial charge is 0.155 e. The Balaban J connectivity index is 1.35. The summed E-state index contributed by atoms with van der Waals surface area (Å²) in [7, 11) is 0. The van der Waals surface area contributed by atoms with Gasteiger partial charge in [0.2, 0.25) is 0 Å². The van der Waals surface area contributed by atoms with Gasteiger partial charge in [-0.05, 0) is 38.4 Å². The molecule has 6 heteroatoms. The first-order chi connectivity index (χ1) is 11.8. The molecular formula is C18H24N6. The van der Waals surface area contributed by atoms with Crippen molar-refractivity contribution in [2.75, 3.05) is 13.1 Å². The molecule has 4 rings (SSSR count). The Labute approximate surface area is 142 Å². The second-order valence-corrected chi connectivity index (χ2v) is 6.65. The van der Waals surface area contributed by atoms with Crippen LogP contribution >= 0.6 is 0 Å². The molecule has 0 amide bonds. The topological polar surface area (TPSA) is 51.2 Å². The Morgan fingerprint density at radius 2 is 2.04 bits per heavy atom. The minimum Gasteiger partial charge on any atom is -0.299 e. The fourth-order valence-corrected chi connectivity index (χ4v) is 3.54. The normalized spacial score (nSPS) is 16.9. The monoisotopic (exact) mass is 324 g/mol. The first-order valence-electron chi connectivity index (χ1n) is 8.86. The third-order valence-corrected chi connectivity index (χ3v) is 4.83.